The summed E-state index contributed by atoms with van der Waals surface area (Å²) < 4.78 is 38.5. The Hall–Kier alpha value is -1.72. The third-order valence-corrected chi connectivity index (χ3v) is 4.04. The number of piperidine rings is 1. The van der Waals surface area contributed by atoms with Crippen molar-refractivity contribution in [1.82, 2.24) is 0 Å². The molecule has 1 aliphatic heterocycles. The van der Waals surface area contributed by atoms with Crippen LogP contribution in [0.1, 0.15) is 37.8 Å². The summed E-state index contributed by atoms with van der Waals surface area (Å²) in [7, 11) is 0. The molecule has 0 aromatic heterocycles. The van der Waals surface area contributed by atoms with Crippen LogP contribution in [0.5, 0.6) is 0 Å². The van der Waals surface area contributed by atoms with Crippen LogP contribution < -0.4 is 10.6 Å². The second-order valence-corrected chi connectivity index (χ2v) is 5.83. The van der Waals surface area contributed by atoms with Gasteiger partial charge in [0, 0.05) is 23.8 Å². The summed E-state index contributed by atoms with van der Waals surface area (Å²) in [4.78, 5) is 2.06. The van der Waals surface area contributed by atoms with Gasteiger partial charge >= 0.3 is 6.18 Å². The number of hydrogen-bond acceptors (Lipinski definition) is 2. The number of alkyl halides is 3. The number of amidine groups is 1. The van der Waals surface area contributed by atoms with E-state index in [-0.39, 0.29) is 17.4 Å². The third kappa shape index (κ3) is 3.31. The molecule has 1 aromatic rings. The van der Waals surface area contributed by atoms with Crippen LogP contribution in [-0.4, -0.2) is 18.4 Å². The highest BCUT2D eigenvalue weighted by Gasteiger charge is 2.32. The average molecular weight is 299 g/mol. The molecule has 0 radical (unpaired) electrons. The fourth-order valence-corrected chi connectivity index (χ4v) is 2.80. The first-order valence-corrected chi connectivity index (χ1v) is 7.02. The lowest BCUT2D eigenvalue weighted by Crippen LogP contribution is -2.42. The third-order valence-electron chi connectivity index (χ3n) is 4.04. The van der Waals surface area contributed by atoms with Crippen molar-refractivity contribution in [1.29, 1.82) is 5.41 Å². The Balaban J connectivity index is 2.45. The monoisotopic (exact) mass is 299 g/mol. The summed E-state index contributed by atoms with van der Waals surface area (Å²) in [6.45, 7) is 4.94. The van der Waals surface area contributed by atoms with E-state index in [4.69, 9.17) is 11.1 Å². The van der Waals surface area contributed by atoms with E-state index in [0.29, 0.717) is 11.6 Å². The Morgan fingerprint density at radius 1 is 1.29 bits per heavy atom. The van der Waals surface area contributed by atoms with Crippen LogP contribution >= 0.6 is 0 Å². The number of rotatable bonds is 2. The molecule has 2 unspecified atom stereocenters. The largest absolute Gasteiger partial charge is 0.416 e. The van der Waals surface area contributed by atoms with Gasteiger partial charge in [0.25, 0.3) is 0 Å². The molecule has 1 saturated heterocycles. The quantitative estimate of drug-likeness (QED) is 0.647. The molecule has 116 valence electrons. The molecular weight excluding hydrogens is 279 g/mol. The van der Waals surface area contributed by atoms with Gasteiger partial charge in [-0.1, -0.05) is 6.92 Å². The zero-order valence-electron chi connectivity index (χ0n) is 12.2. The Kier molecular flexibility index (Phi) is 4.16. The van der Waals surface area contributed by atoms with Gasteiger partial charge in [0.15, 0.2) is 0 Å². The minimum Gasteiger partial charge on any atom is -0.384 e. The number of hydrogen-bond donors (Lipinski definition) is 2. The Morgan fingerprint density at radius 3 is 2.52 bits per heavy atom. The predicted octanol–water partition coefficient (Wildman–Crippen LogP) is 3.61. The van der Waals surface area contributed by atoms with Crippen molar-refractivity contribution in [3.63, 3.8) is 0 Å². The van der Waals surface area contributed by atoms with Crippen molar-refractivity contribution in [2.45, 2.75) is 38.9 Å². The standard InChI is InChI=1S/C15H20F3N3/c1-9-3-4-10(2)21(8-9)13-6-5-11(15(16,17)18)7-12(13)14(19)20/h5-7,9-10H,3-4,8H2,1-2H3,(H3,19,20). The number of halogens is 3. The van der Waals surface area contributed by atoms with Crippen LogP contribution in [0.2, 0.25) is 0 Å². The number of nitrogens with zero attached hydrogens (tertiary/aromatic N) is 1. The van der Waals surface area contributed by atoms with E-state index in [1.54, 1.807) is 0 Å². The van der Waals surface area contributed by atoms with Crippen LogP contribution in [0.3, 0.4) is 0 Å². The van der Waals surface area contributed by atoms with E-state index in [2.05, 4.69) is 11.8 Å². The molecule has 2 atom stereocenters. The Morgan fingerprint density at radius 2 is 1.95 bits per heavy atom. The average Bonchev–Trinajstić information content (AvgIpc) is 2.40. The molecule has 1 fully saturated rings. The first-order chi connectivity index (χ1) is 9.70. The minimum atomic E-state index is -4.43. The van der Waals surface area contributed by atoms with Crippen molar-refractivity contribution in [2.75, 3.05) is 11.4 Å². The van der Waals surface area contributed by atoms with Crippen LogP contribution in [0.15, 0.2) is 18.2 Å². The maximum atomic E-state index is 12.8. The zero-order valence-corrected chi connectivity index (χ0v) is 12.2. The first kappa shape index (κ1) is 15.7. The molecule has 0 bridgehead atoms. The summed E-state index contributed by atoms with van der Waals surface area (Å²) in [5.41, 5.74) is 5.51. The van der Waals surface area contributed by atoms with Crippen molar-refractivity contribution < 1.29 is 13.2 Å². The topological polar surface area (TPSA) is 53.1 Å². The lowest BCUT2D eigenvalue weighted by molar-refractivity contribution is -0.137. The van der Waals surface area contributed by atoms with Gasteiger partial charge in [0.1, 0.15) is 5.84 Å². The molecule has 2 rings (SSSR count). The van der Waals surface area contributed by atoms with Crippen molar-refractivity contribution in [3.8, 4) is 0 Å². The number of benzene rings is 1. The normalized spacial score (nSPS) is 23.2. The molecule has 0 saturated carbocycles. The van der Waals surface area contributed by atoms with E-state index >= 15 is 0 Å². The van der Waals surface area contributed by atoms with Crippen molar-refractivity contribution >= 4 is 11.5 Å². The molecule has 6 heteroatoms. The highest BCUT2D eigenvalue weighted by molar-refractivity contribution is 6.00. The molecule has 0 amide bonds. The second kappa shape index (κ2) is 5.58. The Labute approximate surface area is 122 Å². The van der Waals surface area contributed by atoms with Crippen molar-refractivity contribution in [3.05, 3.63) is 29.3 Å². The summed E-state index contributed by atoms with van der Waals surface area (Å²) in [5.74, 6) is 0.143. The smallest absolute Gasteiger partial charge is 0.384 e. The maximum Gasteiger partial charge on any atom is 0.416 e. The molecule has 1 aromatic carbocycles. The zero-order chi connectivity index (χ0) is 15.8. The van der Waals surface area contributed by atoms with Crippen LogP contribution in [-0.2, 0) is 6.18 Å². The molecule has 3 N–H and O–H groups in total. The SMILES string of the molecule is CC1CCC(C)N(c2ccc(C(F)(F)F)cc2C(=N)N)C1. The molecule has 0 spiro atoms. The molecule has 3 nitrogen and oxygen atoms in total. The van der Waals surface area contributed by atoms with E-state index in [0.717, 1.165) is 31.5 Å². The van der Waals surface area contributed by atoms with Crippen molar-refractivity contribution in [2.24, 2.45) is 11.7 Å². The number of nitrogen functional groups attached to an aromatic ring is 1. The Bertz CT molecular complexity index is 539. The van der Waals surface area contributed by atoms with Crippen LogP contribution in [0.4, 0.5) is 18.9 Å². The molecule has 21 heavy (non-hydrogen) atoms. The van der Waals surface area contributed by atoms with Gasteiger partial charge in [-0.25, -0.2) is 0 Å². The van der Waals surface area contributed by atoms with Gasteiger partial charge in [-0.3, -0.25) is 5.41 Å². The molecule has 1 aliphatic rings. The number of nitrogens with two attached hydrogens (primary N) is 1. The lowest BCUT2D eigenvalue weighted by atomic mass is 9.93. The van der Waals surface area contributed by atoms with E-state index in [9.17, 15) is 13.2 Å². The van der Waals surface area contributed by atoms with Gasteiger partial charge in [-0.15, -0.1) is 0 Å². The van der Waals surface area contributed by atoms with Crippen LogP contribution in [0, 0.1) is 11.3 Å². The predicted molar refractivity (Wildman–Crippen MR) is 77.7 cm³/mol. The van der Waals surface area contributed by atoms with Gasteiger partial charge in [0.2, 0.25) is 0 Å². The summed E-state index contributed by atoms with van der Waals surface area (Å²) >= 11 is 0. The molecule has 0 aliphatic carbocycles. The van der Waals surface area contributed by atoms with E-state index in [1.807, 2.05) is 6.92 Å². The van der Waals surface area contributed by atoms with Gasteiger partial charge in [-0.05, 0) is 43.9 Å². The van der Waals surface area contributed by atoms with Crippen LogP contribution in [0.25, 0.3) is 0 Å². The molecular formula is C15H20F3N3. The first-order valence-electron chi connectivity index (χ1n) is 7.02. The maximum absolute atomic E-state index is 12.8. The van der Waals surface area contributed by atoms with E-state index < -0.39 is 11.7 Å². The summed E-state index contributed by atoms with van der Waals surface area (Å²) in [6, 6.07) is 3.71. The highest BCUT2D eigenvalue weighted by atomic mass is 19.4. The fourth-order valence-electron chi connectivity index (χ4n) is 2.80. The highest BCUT2D eigenvalue weighted by Crippen LogP contribution is 2.35. The van der Waals surface area contributed by atoms with E-state index in [1.165, 1.54) is 6.07 Å². The van der Waals surface area contributed by atoms with Gasteiger partial charge in [-0.2, -0.15) is 13.2 Å². The second-order valence-electron chi connectivity index (χ2n) is 5.83. The lowest BCUT2D eigenvalue weighted by Gasteiger charge is -2.39. The van der Waals surface area contributed by atoms with Gasteiger partial charge in [0.05, 0.1) is 5.56 Å². The minimum absolute atomic E-state index is 0.158. The molecule has 1 heterocycles. The fraction of sp³-hybridized carbons (Fsp3) is 0.533. The number of nitrogens with one attached hydrogen (secondary N) is 1. The number of anilines is 1. The van der Waals surface area contributed by atoms with Gasteiger partial charge < -0.3 is 10.6 Å². The summed E-state index contributed by atoms with van der Waals surface area (Å²) in [6.07, 6.45) is -2.34. The summed E-state index contributed by atoms with van der Waals surface area (Å²) in [5, 5.41) is 7.60.